The van der Waals surface area contributed by atoms with E-state index in [4.69, 9.17) is 14.2 Å². The zero-order valence-electron chi connectivity index (χ0n) is 15.2. The van der Waals surface area contributed by atoms with Gasteiger partial charge in [0.15, 0.2) is 0 Å². The summed E-state index contributed by atoms with van der Waals surface area (Å²) >= 11 is 0. The number of hydrogen-bond donors (Lipinski definition) is 0. The molecule has 0 spiro atoms. The van der Waals surface area contributed by atoms with Gasteiger partial charge in [0, 0.05) is 17.8 Å². The topological polar surface area (TPSA) is 37.6 Å². The van der Waals surface area contributed by atoms with E-state index < -0.39 is 0 Å². The number of rotatable bonds is 0. The first-order chi connectivity index (χ1) is 12.7. The molecule has 6 aliphatic carbocycles. The Labute approximate surface area is 153 Å². The molecule has 0 bridgehead atoms. The van der Waals surface area contributed by atoms with Crippen LogP contribution in [0.3, 0.4) is 0 Å². The van der Waals surface area contributed by atoms with Crippen LogP contribution in [0.1, 0.15) is 45.4 Å². The van der Waals surface area contributed by atoms with Crippen LogP contribution in [-0.2, 0) is 14.2 Å². The van der Waals surface area contributed by atoms with Gasteiger partial charge in [-0.1, -0.05) is 40.4 Å². The van der Waals surface area contributed by atoms with Crippen molar-refractivity contribution in [1.82, 2.24) is 0 Å². The first-order valence-electron chi connectivity index (χ1n) is 10.8. The molecule has 26 heavy (non-hydrogen) atoms. The van der Waals surface area contributed by atoms with Crippen molar-refractivity contribution in [3.05, 3.63) is 33.4 Å². The maximum Gasteiger partial charge on any atom is 0.0882 e. The van der Waals surface area contributed by atoms with Crippen molar-refractivity contribution in [1.29, 1.82) is 0 Å². The minimum absolute atomic E-state index is 0.421. The summed E-state index contributed by atoms with van der Waals surface area (Å²) in [6, 6.07) is 0. The Balaban J connectivity index is 1.31. The molecule has 0 aromatic rings. The minimum atomic E-state index is 0.421. The molecule has 134 valence electrons. The van der Waals surface area contributed by atoms with Crippen LogP contribution in [0.2, 0.25) is 0 Å². The molecular formula is C23H24O3. The van der Waals surface area contributed by atoms with E-state index in [0.717, 1.165) is 0 Å². The second-order valence-electron chi connectivity index (χ2n) is 10.7. The highest BCUT2D eigenvalue weighted by molar-refractivity contribution is 5.61. The highest BCUT2D eigenvalue weighted by Crippen LogP contribution is 2.77. The molecule has 0 N–H and O–H groups in total. The molecule has 3 aliphatic heterocycles. The van der Waals surface area contributed by atoms with Crippen molar-refractivity contribution >= 4 is 0 Å². The number of epoxide rings is 3. The zero-order chi connectivity index (χ0) is 16.5. The van der Waals surface area contributed by atoms with Crippen LogP contribution in [0.5, 0.6) is 0 Å². The summed E-state index contributed by atoms with van der Waals surface area (Å²) < 4.78 is 18.0. The molecule has 3 nitrogen and oxygen atoms in total. The molecular weight excluding hydrogens is 324 g/mol. The van der Waals surface area contributed by atoms with Gasteiger partial charge in [0.25, 0.3) is 0 Å². The van der Waals surface area contributed by atoms with E-state index >= 15 is 0 Å². The second kappa shape index (κ2) is 3.68. The highest BCUT2D eigenvalue weighted by Gasteiger charge is 2.71. The van der Waals surface area contributed by atoms with E-state index in [1.165, 1.54) is 38.5 Å². The molecule has 0 saturated carbocycles. The lowest BCUT2D eigenvalue weighted by Crippen LogP contribution is -2.32. The monoisotopic (exact) mass is 348 g/mol. The summed E-state index contributed by atoms with van der Waals surface area (Å²) in [5, 5.41) is 0. The molecule has 0 aromatic carbocycles. The number of fused-ring (bicyclic) bond motifs is 9. The van der Waals surface area contributed by atoms with Crippen molar-refractivity contribution in [2.75, 3.05) is 0 Å². The average molecular weight is 348 g/mol. The third-order valence-corrected chi connectivity index (χ3v) is 9.78. The van der Waals surface area contributed by atoms with Gasteiger partial charge in [-0.15, -0.1) is 0 Å². The molecule has 9 aliphatic rings. The van der Waals surface area contributed by atoms with Crippen LogP contribution in [0, 0.1) is 23.2 Å². The second-order valence-corrected chi connectivity index (χ2v) is 10.7. The largest absolute Gasteiger partial charge is 0.369 e. The van der Waals surface area contributed by atoms with Crippen LogP contribution < -0.4 is 0 Å². The molecule has 0 radical (unpaired) electrons. The van der Waals surface area contributed by atoms with Crippen LogP contribution in [0.25, 0.3) is 0 Å². The Morgan fingerprint density at radius 3 is 0.962 bits per heavy atom. The highest BCUT2D eigenvalue weighted by atomic mass is 16.6. The lowest BCUT2D eigenvalue weighted by atomic mass is 9.67. The normalized spacial score (nSPS) is 61.5. The van der Waals surface area contributed by atoms with Crippen LogP contribution >= 0.6 is 0 Å². The van der Waals surface area contributed by atoms with Gasteiger partial charge < -0.3 is 14.2 Å². The zero-order valence-corrected chi connectivity index (χ0v) is 15.2. The first-order valence-corrected chi connectivity index (χ1v) is 10.8. The van der Waals surface area contributed by atoms with Gasteiger partial charge >= 0.3 is 0 Å². The quantitative estimate of drug-likeness (QED) is 0.497. The lowest BCUT2D eigenvalue weighted by Gasteiger charge is -2.36. The summed E-state index contributed by atoms with van der Waals surface area (Å²) in [7, 11) is 0. The van der Waals surface area contributed by atoms with Crippen molar-refractivity contribution in [2.24, 2.45) is 23.2 Å². The van der Waals surface area contributed by atoms with Gasteiger partial charge in [-0.2, -0.15) is 0 Å². The maximum absolute atomic E-state index is 6.01. The van der Waals surface area contributed by atoms with Gasteiger partial charge in [0.2, 0.25) is 0 Å². The van der Waals surface area contributed by atoms with Crippen molar-refractivity contribution in [3.63, 3.8) is 0 Å². The fourth-order valence-corrected chi connectivity index (χ4v) is 8.90. The summed E-state index contributed by atoms with van der Waals surface area (Å²) in [4.78, 5) is 0. The number of hydrogen-bond acceptors (Lipinski definition) is 3. The summed E-state index contributed by atoms with van der Waals surface area (Å²) in [5.41, 5.74) is 11.3. The van der Waals surface area contributed by atoms with Crippen molar-refractivity contribution in [2.45, 2.75) is 82.1 Å². The maximum atomic E-state index is 6.01. The number of ether oxygens (including phenoxy) is 3. The van der Waals surface area contributed by atoms with Crippen molar-refractivity contribution in [3.8, 4) is 0 Å². The summed E-state index contributed by atoms with van der Waals surface area (Å²) in [5.74, 6) is 2.13. The van der Waals surface area contributed by atoms with E-state index in [0.29, 0.717) is 59.8 Å². The molecule has 9 rings (SSSR count). The van der Waals surface area contributed by atoms with Gasteiger partial charge in [0.1, 0.15) is 0 Å². The smallest absolute Gasteiger partial charge is 0.0882 e. The lowest BCUT2D eigenvalue weighted by molar-refractivity contribution is 0.190. The van der Waals surface area contributed by atoms with Crippen LogP contribution in [-0.4, -0.2) is 36.6 Å². The third kappa shape index (κ3) is 1.25. The van der Waals surface area contributed by atoms with Crippen LogP contribution in [0.4, 0.5) is 0 Å². The Morgan fingerprint density at radius 2 is 0.731 bits per heavy atom. The molecule has 3 heterocycles. The van der Waals surface area contributed by atoms with Crippen molar-refractivity contribution < 1.29 is 14.2 Å². The van der Waals surface area contributed by atoms with Gasteiger partial charge in [0.05, 0.1) is 36.6 Å². The predicted molar refractivity (Wildman–Crippen MR) is 93.3 cm³/mol. The SMILES string of the molecule is CC12C3C4=C(C[C@H]5O[C@H]5C4)C1C1=C(C[C@H]4O[C@H]4C1)C2C1=C3C[C@H]2O[C@H]2C1. The minimum Gasteiger partial charge on any atom is -0.369 e. The summed E-state index contributed by atoms with van der Waals surface area (Å²) in [6.07, 6.45) is 10.6. The van der Waals surface area contributed by atoms with Gasteiger partial charge in [-0.25, -0.2) is 0 Å². The standard InChI is InChI=1S/C23H24O3/c1-23-20-8-2-14-15(24-14)3-9(8)21(23)12-6-18-19(26-18)7-13(12)22(23)11-5-17-16(25-17)4-10(11)20/h14-22H,2-7H2,1H3/t14-,15+,16+,17-,18-,19+,20?,21?,22?,23?. The fraction of sp³-hybridized carbons (Fsp3) is 0.739. The van der Waals surface area contributed by atoms with E-state index in [1.54, 1.807) is 0 Å². The van der Waals surface area contributed by atoms with E-state index in [9.17, 15) is 0 Å². The molecule has 9 atom stereocenters. The van der Waals surface area contributed by atoms with Crippen LogP contribution in [0.15, 0.2) is 33.4 Å². The Hall–Kier alpha value is -0.900. The predicted octanol–water partition coefficient (Wildman–Crippen LogP) is 3.46. The Morgan fingerprint density at radius 1 is 0.500 bits per heavy atom. The molecule has 3 fully saturated rings. The molecule has 0 amide bonds. The van der Waals surface area contributed by atoms with E-state index in [-0.39, 0.29) is 0 Å². The Bertz CT molecular complexity index is 745. The van der Waals surface area contributed by atoms with Gasteiger partial charge in [-0.05, 0) is 43.9 Å². The average Bonchev–Trinajstić information content (AvgIpc) is 3.50. The fourth-order valence-electron chi connectivity index (χ4n) is 8.90. The van der Waals surface area contributed by atoms with E-state index in [2.05, 4.69) is 6.92 Å². The Kier molecular flexibility index (Phi) is 1.88. The van der Waals surface area contributed by atoms with E-state index in [1.807, 2.05) is 33.4 Å². The molecule has 3 heteroatoms. The molecule has 0 aromatic heterocycles. The third-order valence-electron chi connectivity index (χ3n) is 9.78. The molecule has 3 saturated heterocycles. The van der Waals surface area contributed by atoms with Gasteiger partial charge in [-0.3, -0.25) is 0 Å². The molecule has 3 unspecified atom stereocenters. The first kappa shape index (κ1) is 13.3. The summed E-state index contributed by atoms with van der Waals surface area (Å²) in [6.45, 7) is 2.67.